The van der Waals surface area contributed by atoms with Gasteiger partial charge in [0.15, 0.2) is 0 Å². The Morgan fingerprint density at radius 1 is 1.19 bits per heavy atom. The fraction of sp³-hybridized carbons (Fsp3) is 0.545. The summed E-state index contributed by atoms with van der Waals surface area (Å²) >= 11 is 0. The largest absolute Gasteiger partial charge is 0.445 e. The quantitative estimate of drug-likeness (QED) is 0.783. The van der Waals surface area contributed by atoms with E-state index in [-0.39, 0.29) is 6.61 Å². The first-order chi connectivity index (χ1) is 14.8. The zero-order valence-corrected chi connectivity index (χ0v) is 17.5. The molecule has 0 radical (unpaired) electrons. The molecule has 0 spiro atoms. The first-order valence-electron chi connectivity index (χ1n) is 10.7. The smallest absolute Gasteiger partial charge is 0.416 e. The molecular formula is C22H27F3N4O2. The molecule has 0 aliphatic carbocycles. The maximum absolute atomic E-state index is 13.0. The number of aryl methyl sites for hydroxylation is 2. The summed E-state index contributed by atoms with van der Waals surface area (Å²) in [6.45, 7) is 5.01. The molecule has 2 aliphatic rings. The van der Waals surface area contributed by atoms with Gasteiger partial charge in [-0.05, 0) is 63.0 Å². The molecule has 31 heavy (non-hydrogen) atoms. The van der Waals surface area contributed by atoms with Crippen LogP contribution in [0.15, 0.2) is 24.3 Å². The van der Waals surface area contributed by atoms with Crippen molar-refractivity contribution in [2.75, 3.05) is 19.6 Å². The van der Waals surface area contributed by atoms with Gasteiger partial charge >= 0.3 is 12.3 Å². The molecular weight excluding hydrogens is 409 g/mol. The highest BCUT2D eigenvalue weighted by Gasteiger charge is 2.31. The van der Waals surface area contributed by atoms with Gasteiger partial charge in [-0.25, -0.2) is 4.79 Å². The van der Waals surface area contributed by atoms with Crippen molar-refractivity contribution in [1.29, 1.82) is 0 Å². The van der Waals surface area contributed by atoms with Crippen LogP contribution in [0.2, 0.25) is 0 Å². The zero-order valence-electron chi connectivity index (χ0n) is 17.5. The number of alkyl halides is 3. The number of fused-ring (bicyclic) bond motifs is 1. The molecule has 0 saturated carbocycles. The molecule has 2 aliphatic heterocycles. The fourth-order valence-electron chi connectivity index (χ4n) is 4.30. The Hall–Kier alpha value is -2.55. The van der Waals surface area contributed by atoms with E-state index >= 15 is 0 Å². The van der Waals surface area contributed by atoms with Crippen molar-refractivity contribution in [1.82, 2.24) is 20.0 Å². The Kier molecular flexibility index (Phi) is 6.22. The van der Waals surface area contributed by atoms with E-state index in [0.29, 0.717) is 30.1 Å². The van der Waals surface area contributed by atoms with Crippen LogP contribution in [0.1, 0.15) is 53.3 Å². The number of nitrogens with one attached hydrogen (secondary N) is 1. The van der Waals surface area contributed by atoms with E-state index in [1.807, 2.05) is 4.68 Å². The highest BCUT2D eigenvalue weighted by molar-refractivity contribution is 5.67. The van der Waals surface area contributed by atoms with Crippen molar-refractivity contribution in [3.8, 4) is 0 Å². The number of piperidine rings is 1. The van der Waals surface area contributed by atoms with Gasteiger partial charge in [0.25, 0.3) is 0 Å². The highest BCUT2D eigenvalue weighted by atomic mass is 19.4. The van der Waals surface area contributed by atoms with E-state index in [9.17, 15) is 18.0 Å². The number of nitrogens with zero attached hydrogens (tertiary/aromatic N) is 3. The van der Waals surface area contributed by atoms with Gasteiger partial charge in [-0.15, -0.1) is 0 Å². The SMILES string of the molecule is Cc1cc(COC(=O)N2CCCn3nc(C4CCNCC4)cc3C2)cc(C(F)(F)F)c1. The molecule has 3 heterocycles. The second-order valence-corrected chi connectivity index (χ2v) is 8.34. The third-order valence-electron chi connectivity index (χ3n) is 5.88. The number of amides is 1. The summed E-state index contributed by atoms with van der Waals surface area (Å²) in [5.74, 6) is 0.435. The molecule has 9 heteroatoms. The first-order valence-corrected chi connectivity index (χ1v) is 10.7. The minimum Gasteiger partial charge on any atom is -0.445 e. The Morgan fingerprint density at radius 3 is 2.71 bits per heavy atom. The lowest BCUT2D eigenvalue weighted by atomic mass is 9.94. The van der Waals surface area contributed by atoms with Crippen LogP contribution in [-0.4, -0.2) is 40.4 Å². The number of ether oxygens (including phenoxy) is 1. The number of carbonyl (C=O) groups is 1. The summed E-state index contributed by atoms with van der Waals surface area (Å²) in [5, 5.41) is 8.12. The van der Waals surface area contributed by atoms with Gasteiger partial charge in [0.2, 0.25) is 0 Å². The van der Waals surface area contributed by atoms with Crippen molar-refractivity contribution in [2.45, 2.75) is 58.0 Å². The lowest BCUT2D eigenvalue weighted by Gasteiger charge is -2.21. The molecule has 4 rings (SSSR count). The highest BCUT2D eigenvalue weighted by Crippen LogP contribution is 2.31. The number of carbonyl (C=O) groups excluding carboxylic acids is 1. The molecule has 1 amide bonds. The summed E-state index contributed by atoms with van der Waals surface area (Å²) in [6, 6.07) is 5.80. The molecule has 2 aromatic rings. The number of hydrogen-bond donors (Lipinski definition) is 1. The average molecular weight is 436 g/mol. The van der Waals surface area contributed by atoms with E-state index in [2.05, 4.69) is 11.4 Å². The number of rotatable bonds is 3. The monoisotopic (exact) mass is 436 g/mol. The maximum atomic E-state index is 13.0. The van der Waals surface area contributed by atoms with Crippen molar-refractivity contribution >= 4 is 6.09 Å². The predicted molar refractivity (Wildman–Crippen MR) is 108 cm³/mol. The summed E-state index contributed by atoms with van der Waals surface area (Å²) < 4.78 is 46.4. The molecule has 1 fully saturated rings. The summed E-state index contributed by atoms with van der Waals surface area (Å²) in [6.07, 6.45) is -2.09. The van der Waals surface area contributed by atoms with Crippen LogP contribution in [0.4, 0.5) is 18.0 Å². The summed E-state index contributed by atoms with van der Waals surface area (Å²) in [4.78, 5) is 14.3. The Labute approximate surface area is 179 Å². The van der Waals surface area contributed by atoms with Gasteiger partial charge in [-0.3, -0.25) is 4.68 Å². The van der Waals surface area contributed by atoms with Crippen LogP contribution in [0, 0.1) is 6.92 Å². The van der Waals surface area contributed by atoms with Crippen LogP contribution in [0.25, 0.3) is 0 Å². The minimum atomic E-state index is -4.43. The van der Waals surface area contributed by atoms with Crippen LogP contribution in [0.3, 0.4) is 0 Å². The third kappa shape index (κ3) is 5.20. The molecule has 168 valence electrons. The number of aromatic nitrogens is 2. The second kappa shape index (κ2) is 8.90. The van der Waals surface area contributed by atoms with E-state index in [4.69, 9.17) is 9.84 Å². The maximum Gasteiger partial charge on any atom is 0.416 e. The van der Waals surface area contributed by atoms with Crippen LogP contribution in [-0.2, 0) is 30.6 Å². The zero-order chi connectivity index (χ0) is 22.0. The number of benzene rings is 1. The van der Waals surface area contributed by atoms with Gasteiger partial charge in [0.1, 0.15) is 6.61 Å². The Morgan fingerprint density at radius 2 is 1.97 bits per heavy atom. The van der Waals surface area contributed by atoms with Crippen molar-refractivity contribution in [2.24, 2.45) is 0 Å². The van der Waals surface area contributed by atoms with Crippen molar-refractivity contribution in [3.05, 3.63) is 52.3 Å². The molecule has 1 saturated heterocycles. The molecule has 6 nitrogen and oxygen atoms in total. The predicted octanol–water partition coefficient (Wildman–Crippen LogP) is 4.22. The normalized spacial score (nSPS) is 17.9. The molecule has 1 aromatic heterocycles. The molecule has 0 atom stereocenters. The van der Waals surface area contributed by atoms with Crippen molar-refractivity contribution < 1.29 is 22.7 Å². The van der Waals surface area contributed by atoms with Gasteiger partial charge < -0.3 is 15.0 Å². The Bertz CT molecular complexity index is 935. The fourth-order valence-corrected chi connectivity index (χ4v) is 4.30. The van der Waals surface area contributed by atoms with Gasteiger partial charge in [-0.1, -0.05) is 11.6 Å². The third-order valence-corrected chi connectivity index (χ3v) is 5.88. The lowest BCUT2D eigenvalue weighted by molar-refractivity contribution is -0.137. The van der Waals surface area contributed by atoms with E-state index in [1.54, 1.807) is 17.9 Å². The van der Waals surface area contributed by atoms with Crippen LogP contribution >= 0.6 is 0 Å². The molecule has 1 N–H and O–H groups in total. The lowest BCUT2D eigenvalue weighted by Crippen LogP contribution is -2.31. The molecule has 0 unspecified atom stereocenters. The number of halogens is 3. The van der Waals surface area contributed by atoms with Crippen molar-refractivity contribution in [3.63, 3.8) is 0 Å². The van der Waals surface area contributed by atoms with Crippen LogP contribution in [0.5, 0.6) is 0 Å². The number of hydrogen-bond acceptors (Lipinski definition) is 4. The topological polar surface area (TPSA) is 59.4 Å². The standard InChI is InChI=1S/C22H27F3N4O2/c1-15-9-16(11-18(10-15)22(23,24)25)14-31-21(30)28-7-2-8-29-19(13-28)12-20(27-29)17-3-5-26-6-4-17/h9-12,17,26H,2-8,13-14H2,1H3. The first kappa shape index (κ1) is 21.7. The summed E-state index contributed by atoms with van der Waals surface area (Å²) in [7, 11) is 0. The molecule has 0 bridgehead atoms. The van der Waals surface area contributed by atoms with E-state index < -0.39 is 17.8 Å². The Balaban J connectivity index is 1.40. The second-order valence-electron chi connectivity index (χ2n) is 8.34. The minimum absolute atomic E-state index is 0.195. The van der Waals surface area contributed by atoms with E-state index in [1.165, 1.54) is 0 Å². The summed E-state index contributed by atoms with van der Waals surface area (Å²) in [5.41, 5.74) is 2.12. The van der Waals surface area contributed by atoms with Crippen LogP contribution < -0.4 is 5.32 Å². The van der Waals surface area contributed by atoms with E-state index in [0.717, 1.165) is 62.4 Å². The molecule has 1 aromatic carbocycles. The van der Waals surface area contributed by atoms with Gasteiger partial charge in [-0.2, -0.15) is 18.3 Å². The average Bonchev–Trinajstić information content (AvgIpc) is 3.03. The van der Waals surface area contributed by atoms with Gasteiger partial charge in [0, 0.05) is 19.0 Å². The van der Waals surface area contributed by atoms with Gasteiger partial charge in [0.05, 0.1) is 23.5 Å².